The maximum atomic E-state index is 12.2. The first-order chi connectivity index (χ1) is 45.6. The molecule has 0 amide bonds. The van der Waals surface area contributed by atoms with Gasteiger partial charge >= 0.3 is 0 Å². The highest BCUT2D eigenvalue weighted by molar-refractivity contribution is 7.99. The van der Waals surface area contributed by atoms with Crippen molar-refractivity contribution in [2.45, 2.75) is 338 Å². The molecule has 1 aromatic rings. The third kappa shape index (κ3) is 133. The molecule has 1 aliphatic heterocycles. The molecule has 1 unspecified atom stereocenters. The summed E-state index contributed by atoms with van der Waals surface area (Å²) in [7, 11) is 1.48. The average Bonchev–Trinajstić information content (AvgIpc) is 1.80. The van der Waals surface area contributed by atoms with E-state index in [1.807, 2.05) is 183 Å². The summed E-state index contributed by atoms with van der Waals surface area (Å²) in [6.45, 7) is 78.6. The predicted molar refractivity (Wildman–Crippen MR) is 431 cm³/mol. The molecular weight excluding hydrogens is 1350 g/mol. The number of Topliss-reactive ketones (excluding diaryl/α,β-unsaturated/α-hetero) is 1. The number of hydrogen-bond acceptors (Lipinski definition) is 18. The van der Waals surface area contributed by atoms with Crippen LogP contribution in [0.1, 0.15) is 274 Å². The fourth-order valence-electron chi connectivity index (χ4n) is 6.86. The number of alkyl halides is 3. The molecule has 103 heavy (non-hydrogen) atoms. The van der Waals surface area contributed by atoms with Gasteiger partial charge in [0.1, 0.15) is 20.0 Å². The maximum absolute atomic E-state index is 12.2. The van der Waals surface area contributed by atoms with E-state index >= 15 is 0 Å². The van der Waals surface area contributed by atoms with Gasteiger partial charge < -0.3 is 66.7 Å². The van der Waals surface area contributed by atoms with Crippen LogP contribution in [0.4, 0.5) is 13.2 Å². The van der Waals surface area contributed by atoms with Crippen molar-refractivity contribution in [2.75, 3.05) is 152 Å². The number of aliphatic hydroxyl groups is 1. The van der Waals surface area contributed by atoms with Crippen LogP contribution in [0.3, 0.4) is 0 Å². The van der Waals surface area contributed by atoms with E-state index in [1.165, 1.54) is 39.3 Å². The number of carbonyl (C=O) groups excluding carboxylic acids is 1. The Kier molecular flexibility index (Phi) is 72.8. The number of rotatable bonds is 28. The smallest absolute Gasteiger partial charge is 0.268 e. The van der Waals surface area contributed by atoms with Crippen LogP contribution >= 0.6 is 0 Å². The number of piperidine rings is 1. The van der Waals surface area contributed by atoms with Gasteiger partial charge in [0.25, 0.3) is 5.92 Å². The lowest BCUT2D eigenvalue weighted by atomic mass is 10.0. The number of aromatic nitrogens is 2. The molecule has 1 atom stereocenters. The van der Waals surface area contributed by atoms with Crippen molar-refractivity contribution < 1.29 is 88.9 Å². The van der Waals surface area contributed by atoms with Crippen molar-refractivity contribution in [1.82, 2.24) is 14.7 Å². The Bertz CT molecular complexity index is 2090. The normalized spacial score (nSPS) is 13.8. The number of ether oxygens (including phenoxy) is 13. The van der Waals surface area contributed by atoms with Crippen LogP contribution in [0, 0.1) is 12.3 Å². The number of aryl methyl sites for hydroxylation is 1. The van der Waals surface area contributed by atoms with E-state index < -0.39 is 22.1 Å². The molecule has 1 fully saturated rings. The molecule has 0 bridgehead atoms. The number of methoxy groups -OCH3 is 2. The van der Waals surface area contributed by atoms with E-state index in [4.69, 9.17) is 66.7 Å². The van der Waals surface area contributed by atoms with E-state index in [2.05, 4.69) is 78.2 Å². The van der Waals surface area contributed by atoms with Crippen LogP contribution in [-0.4, -0.2) is 244 Å². The number of ketones is 1. The summed E-state index contributed by atoms with van der Waals surface area (Å²) in [5, 5.41) is 12.6. The Morgan fingerprint density at radius 2 is 0.913 bits per heavy atom. The van der Waals surface area contributed by atoms with E-state index in [0.717, 1.165) is 12.6 Å². The first-order valence-electron chi connectivity index (χ1n) is 36.5. The summed E-state index contributed by atoms with van der Waals surface area (Å²) in [6.07, 6.45) is 8.77. The van der Waals surface area contributed by atoms with Crippen LogP contribution in [0.15, 0.2) is 12.3 Å². The Morgan fingerprint density at radius 3 is 1.16 bits per heavy atom. The Labute approximate surface area is 634 Å². The molecule has 0 aromatic carbocycles. The standard InChI is InChI=1S/C9H18F2O2.C9H19N.C9H20O3.C9H20O2.C8H14N2.C8H18O3.C7H15FO.C7H14O2.C7H16OS.C6H14O2.CH4/c1-8(2,3)13-6-5-12-7-9(4,10)11;1-9(2,3)10-7-5-4-6-8-10;1-9(2,3)12-8-7-11-6-5-10-4;1-8(2)10-6-7-11-9(3,4)5;1-7-5-6-10(9-7)8(2,3)4;1-8(2,3)11-6-5-10-7-9-4;1-7(2,3)9-6-4-5-8;1-6(8)5-9-7(2,3)4;1-7(2,3)6-9(4,5)8;1-6(2,3)8-5-4-7;/h5-7H2,1-4H3;4-8H2,1-3H3;5-8H2,1-4H3;8H,6-7H2,1-5H3;5-6H,1-4H3;5-7H2,1-4H3;4-6H2,1-3H3;5H2,1-4H3;4,6H2,1-3,5H3;7H,4-5H2,1-3H3;1H4. The highest BCUT2D eigenvalue weighted by atomic mass is 32.2. The molecule has 1 aliphatic rings. The molecule has 1 N–H and O–H groups in total. The summed E-state index contributed by atoms with van der Waals surface area (Å²) >= 11 is 0. The lowest BCUT2D eigenvalue weighted by Crippen LogP contribution is -2.44. The average molecular weight is 1520 g/mol. The van der Waals surface area contributed by atoms with Gasteiger partial charge in [-0.3, -0.25) is 23.0 Å². The Balaban J connectivity index is -0.000000136. The van der Waals surface area contributed by atoms with Crippen LogP contribution in [0.2, 0.25) is 0 Å². The lowest BCUT2D eigenvalue weighted by Gasteiger charge is -2.38. The van der Waals surface area contributed by atoms with Gasteiger partial charge in [-0.2, -0.15) is 5.10 Å². The summed E-state index contributed by atoms with van der Waals surface area (Å²) in [5.74, 6) is 1.62. The molecule has 2 rings (SSSR count). The molecule has 1 aromatic heterocycles. The zero-order valence-electron chi connectivity index (χ0n) is 73.4. The lowest BCUT2D eigenvalue weighted by molar-refractivity contribution is -0.126. The van der Waals surface area contributed by atoms with Crippen molar-refractivity contribution in [2.24, 2.45) is 5.41 Å². The highest BCUT2D eigenvalue weighted by Crippen LogP contribution is 2.20. The molecule has 0 saturated carbocycles. The van der Waals surface area contributed by atoms with Gasteiger partial charge in [0.05, 0.1) is 143 Å². The largest absolute Gasteiger partial charge is 0.394 e. The second-order valence-electron chi connectivity index (χ2n) is 35.3. The fourth-order valence-corrected chi connectivity index (χ4v) is 8.69. The second-order valence-corrected chi connectivity index (χ2v) is 37.9. The molecule has 0 spiro atoms. The highest BCUT2D eigenvalue weighted by Gasteiger charge is 2.23. The number of carbonyl (C=O) groups is 1. The molecular formula is C80H172F3N3O16S. The van der Waals surface area contributed by atoms with Crippen LogP contribution in [0.25, 0.3) is 0 Å². The van der Waals surface area contributed by atoms with Crippen LogP contribution in [-0.2, 0) is 81.4 Å². The third-order valence-corrected chi connectivity index (χ3v) is 12.4. The van der Waals surface area contributed by atoms with Crippen molar-refractivity contribution in [3.05, 3.63) is 18.0 Å². The summed E-state index contributed by atoms with van der Waals surface area (Å²) in [6, 6.07) is 2.02. The molecule has 0 radical (unpaired) electrons. The van der Waals surface area contributed by atoms with Crippen molar-refractivity contribution >= 4 is 21.2 Å². The van der Waals surface area contributed by atoms with Gasteiger partial charge in [-0.1, -0.05) is 34.6 Å². The molecule has 1 saturated heterocycles. The minimum Gasteiger partial charge on any atom is -0.394 e. The molecule has 2 heterocycles. The van der Waals surface area contributed by atoms with Gasteiger partial charge in [-0.25, -0.2) is 8.78 Å². The van der Waals surface area contributed by atoms with Gasteiger partial charge in [-0.15, -0.1) is 0 Å². The molecule has 19 nitrogen and oxygen atoms in total. The van der Waals surface area contributed by atoms with E-state index in [-0.39, 0.29) is 89.9 Å². The van der Waals surface area contributed by atoms with E-state index in [1.54, 1.807) is 20.5 Å². The van der Waals surface area contributed by atoms with Crippen molar-refractivity contribution in [1.29, 1.82) is 0 Å². The Hall–Kier alpha value is -1.91. The number of hydrogen-bond donors (Lipinski definition) is 1. The first kappa shape index (κ1) is 119. The van der Waals surface area contributed by atoms with E-state index in [0.29, 0.717) is 103 Å². The van der Waals surface area contributed by atoms with Gasteiger partial charge in [0, 0.05) is 51.5 Å². The molecule has 630 valence electrons. The van der Waals surface area contributed by atoms with Gasteiger partial charge in [0.15, 0.2) is 5.78 Å². The minimum absolute atomic E-state index is 0. The van der Waals surface area contributed by atoms with Gasteiger partial charge in [-0.05, 0) is 274 Å². The summed E-state index contributed by atoms with van der Waals surface area (Å²) in [4.78, 5) is 12.9. The third-order valence-electron chi connectivity index (χ3n) is 10.9. The monoisotopic (exact) mass is 1520 g/mol. The predicted octanol–water partition coefficient (Wildman–Crippen LogP) is 18.2. The zero-order valence-corrected chi connectivity index (χ0v) is 74.2. The SMILES string of the molecule is C.C=S(C)(=O)CC(C)(C)C.CC(=O)COC(C)(C)C.CC(C)(C)N1CCCCC1.CC(C)(C)OCCCF.CC(C)(C)OCCO.CC(C)OCCOC(C)(C)C.CC(F)(F)COCCOC(C)(C)C.COCCOCCOC(C)(C)C.COCOCCOC(C)(C)C.Cc1ccn(C(C)(C)C)n1. The van der Waals surface area contributed by atoms with Crippen molar-refractivity contribution in [3.8, 4) is 0 Å². The van der Waals surface area contributed by atoms with Crippen molar-refractivity contribution in [3.63, 3.8) is 0 Å². The van der Waals surface area contributed by atoms with Crippen LogP contribution < -0.4 is 0 Å². The van der Waals surface area contributed by atoms with Gasteiger partial charge in [0.2, 0.25) is 0 Å². The summed E-state index contributed by atoms with van der Waals surface area (Å²) in [5.41, 5.74) is 0.917. The first-order valence-corrected chi connectivity index (χ1v) is 38.8. The zero-order chi connectivity index (χ0) is 82.2. The quantitative estimate of drug-likeness (QED) is 0.0472. The number of aliphatic hydroxyl groups excluding tert-OH is 1. The van der Waals surface area contributed by atoms with Crippen LogP contribution in [0.5, 0.6) is 0 Å². The second kappa shape index (κ2) is 62.8. The number of likely N-dealkylation sites (tertiary alicyclic amines) is 1. The molecule has 23 heteroatoms. The topological polar surface area (TPSA) is 195 Å². The number of nitrogens with zero attached hydrogens (tertiary/aromatic N) is 3. The minimum atomic E-state index is -2.75. The fraction of sp³-hybridized carbons (Fsp3) is 0.938. The Morgan fingerprint density at radius 1 is 0.544 bits per heavy atom. The number of halogens is 3. The summed E-state index contributed by atoms with van der Waals surface area (Å²) < 4.78 is 116. The molecule has 0 aliphatic carbocycles. The maximum Gasteiger partial charge on any atom is 0.268 e. The van der Waals surface area contributed by atoms with E-state index in [9.17, 15) is 22.2 Å².